The summed E-state index contributed by atoms with van der Waals surface area (Å²) in [5, 5.41) is 1.88. The van der Waals surface area contributed by atoms with E-state index in [1.807, 2.05) is 36.5 Å². The lowest BCUT2D eigenvalue weighted by Gasteiger charge is -2.30. The molecular weight excluding hydrogens is 389 g/mol. The predicted molar refractivity (Wildman–Crippen MR) is 123 cm³/mol. The molecule has 0 bridgehead atoms. The molecule has 1 aliphatic rings. The summed E-state index contributed by atoms with van der Waals surface area (Å²) < 4.78 is 20.1. The molecule has 0 radical (unpaired) electrons. The van der Waals surface area contributed by atoms with Crippen molar-refractivity contribution in [1.29, 1.82) is 0 Å². The average molecular weight is 409 g/mol. The van der Waals surface area contributed by atoms with Crippen LogP contribution in [-0.2, 0) is 0 Å². The molecule has 0 spiro atoms. The van der Waals surface area contributed by atoms with Gasteiger partial charge in [-0.3, -0.25) is 4.90 Å². The van der Waals surface area contributed by atoms with Gasteiger partial charge in [-0.05, 0) is 55.8 Å². The van der Waals surface area contributed by atoms with Crippen LogP contribution >= 0.6 is 0 Å². The number of benzene rings is 3. The number of fused-ring (bicyclic) bond motifs is 4. The lowest BCUT2D eigenvalue weighted by Crippen LogP contribution is -2.35. The van der Waals surface area contributed by atoms with Crippen LogP contribution < -0.4 is 9.80 Å². The molecule has 0 amide bonds. The molecule has 1 aliphatic heterocycles. The number of pyridine rings is 1. The zero-order valence-electron chi connectivity index (χ0n) is 17.2. The first kappa shape index (κ1) is 18.0. The highest BCUT2D eigenvalue weighted by Crippen LogP contribution is 2.49. The number of para-hydroxylation sites is 1. The van der Waals surface area contributed by atoms with Crippen molar-refractivity contribution < 1.29 is 8.81 Å². The van der Waals surface area contributed by atoms with Crippen LogP contribution in [-0.4, -0.2) is 11.1 Å². The van der Waals surface area contributed by atoms with Crippen LogP contribution in [0.4, 0.5) is 27.3 Å². The molecule has 0 saturated heterocycles. The Hall–Kier alpha value is -3.86. The van der Waals surface area contributed by atoms with E-state index in [0.717, 1.165) is 44.8 Å². The molecule has 1 atom stereocenters. The van der Waals surface area contributed by atoms with Crippen LogP contribution in [0.1, 0.15) is 12.5 Å². The van der Waals surface area contributed by atoms with Gasteiger partial charge in [-0.2, -0.15) is 0 Å². The fraction of sp³-hybridized carbons (Fsp3) is 0.115. The number of hydrogen-bond donors (Lipinski definition) is 0. The van der Waals surface area contributed by atoms with E-state index in [1.165, 1.54) is 12.1 Å². The molecule has 0 N–H and O–H groups in total. The van der Waals surface area contributed by atoms with Crippen molar-refractivity contribution in [3.8, 4) is 0 Å². The molecule has 0 saturated carbocycles. The minimum absolute atomic E-state index is 0.0263. The average Bonchev–Trinajstić information content (AvgIpc) is 3.28. The number of aryl methyl sites for hydroxylation is 1. The first-order valence-corrected chi connectivity index (χ1v) is 10.3. The third kappa shape index (κ3) is 2.56. The molecule has 0 fully saturated rings. The minimum atomic E-state index is -0.304. The van der Waals surface area contributed by atoms with Gasteiger partial charge < -0.3 is 9.32 Å². The van der Waals surface area contributed by atoms with E-state index in [4.69, 9.17) is 9.40 Å². The van der Waals surface area contributed by atoms with E-state index in [0.29, 0.717) is 5.58 Å². The second-order valence-electron chi connectivity index (χ2n) is 7.90. The molecule has 0 aliphatic carbocycles. The molecule has 3 heterocycles. The van der Waals surface area contributed by atoms with Crippen LogP contribution in [0.5, 0.6) is 0 Å². The minimum Gasteiger partial charge on any atom is -0.454 e. The van der Waals surface area contributed by atoms with Crippen LogP contribution in [0, 0.1) is 12.7 Å². The van der Waals surface area contributed by atoms with Crippen molar-refractivity contribution in [1.82, 2.24) is 4.98 Å². The lowest BCUT2D eigenvalue weighted by atomic mass is 10.1. The van der Waals surface area contributed by atoms with E-state index < -0.39 is 0 Å². The zero-order valence-corrected chi connectivity index (χ0v) is 17.2. The quantitative estimate of drug-likeness (QED) is 0.312. The van der Waals surface area contributed by atoms with Crippen molar-refractivity contribution in [3.05, 3.63) is 90.4 Å². The smallest absolute Gasteiger partial charge is 0.159 e. The van der Waals surface area contributed by atoms with Crippen LogP contribution in [0.3, 0.4) is 0 Å². The van der Waals surface area contributed by atoms with Gasteiger partial charge in [-0.15, -0.1) is 0 Å². The Morgan fingerprint density at radius 2 is 1.71 bits per heavy atom. The summed E-state index contributed by atoms with van der Waals surface area (Å²) in [6.45, 7) is 4.23. The summed E-state index contributed by atoms with van der Waals surface area (Å²) in [5.74, 6) is 0.572. The van der Waals surface area contributed by atoms with E-state index in [1.54, 1.807) is 6.07 Å². The number of anilines is 4. The predicted octanol–water partition coefficient (Wildman–Crippen LogP) is 7.06. The Labute approximate surface area is 179 Å². The standard InChI is InChI=1S/C26H20FN3O/c1-16-10-12-21-20-13-11-18(27)15-23(20)31-25(21)24(16)30-17(2)29(19-7-4-3-5-8-19)22-9-6-14-28-26(22)30/h3-15,17H,1-2H3. The van der Waals surface area contributed by atoms with Crippen LogP contribution in [0.25, 0.3) is 21.9 Å². The number of furan rings is 1. The Morgan fingerprint density at radius 3 is 2.55 bits per heavy atom. The first-order chi connectivity index (χ1) is 15.1. The molecule has 5 heteroatoms. The summed E-state index contributed by atoms with van der Waals surface area (Å²) in [6.07, 6.45) is 1.79. The molecule has 152 valence electrons. The highest BCUT2D eigenvalue weighted by molar-refractivity contribution is 6.10. The topological polar surface area (TPSA) is 32.5 Å². The summed E-state index contributed by atoms with van der Waals surface area (Å²) >= 11 is 0. The normalized spacial score (nSPS) is 15.8. The number of halogens is 1. The number of aromatic nitrogens is 1. The zero-order chi connectivity index (χ0) is 21.1. The third-order valence-electron chi connectivity index (χ3n) is 6.06. The molecule has 5 aromatic rings. The van der Waals surface area contributed by atoms with Gasteiger partial charge in [0.1, 0.15) is 17.6 Å². The molecule has 1 unspecified atom stereocenters. The fourth-order valence-electron chi connectivity index (χ4n) is 4.69. The highest BCUT2D eigenvalue weighted by atomic mass is 19.1. The monoisotopic (exact) mass is 409 g/mol. The summed E-state index contributed by atoms with van der Waals surface area (Å²) in [5.41, 5.74) is 5.47. The van der Waals surface area contributed by atoms with Crippen molar-refractivity contribution in [3.63, 3.8) is 0 Å². The SMILES string of the molecule is Cc1ccc2c(oc3cc(F)ccc32)c1N1c2ncccc2N(c2ccccc2)C1C. The Kier molecular flexibility index (Phi) is 3.81. The van der Waals surface area contributed by atoms with E-state index in [-0.39, 0.29) is 12.0 Å². The van der Waals surface area contributed by atoms with Crippen molar-refractivity contribution in [2.75, 3.05) is 9.80 Å². The molecule has 2 aromatic heterocycles. The van der Waals surface area contributed by atoms with Gasteiger partial charge in [-0.25, -0.2) is 9.37 Å². The first-order valence-electron chi connectivity index (χ1n) is 10.3. The van der Waals surface area contributed by atoms with E-state index >= 15 is 0 Å². The van der Waals surface area contributed by atoms with Gasteiger partial charge in [0.05, 0.1) is 11.4 Å². The summed E-state index contributed by atoms with van der Waals surface area (Å²) in [4.78, 5) is 9.24. The molecule has 31 heavy (non-hydrogen) atoms. The van der Waals surface area contributed by atoms with E-state index in [9.17, 15) is 4.39 Å². The highest BCUT2D eigenvalue weighted by Gasteiger charge is 2.38. The number of rotatable bonds is 2. The number of nitrogens with zero attached hydrogens (tertiary/aromatic N) is 3. The van der Waals surface area contributed by atoms with Crippen LogP contribution in [0.2, 0.25) is 0 Å². The maximum Gasteiger partial charge on any atom is 0.159 e. The van der Waals surface area contributed by atoms with Gasteiger partial charge in [-0.1, -0.05) is 30.3 Å². The van der Waals surface area contributed by atoms with E-state index in [2.05, 4.69) is 47.9 Å². The van der Waals surface area contributed by atoms with Crippen LogP contribution in [0.15, 0.2) is 83.4 Å². The second kappa shape index (κ2) is 6.57. The Morgan fingerprint density at radius 1 is 0.903 bits per heavy atom. The van der Waals surface area contributed by atoms with Crippen molar-refractivity contribution in [2.24, 2.45) is 0 Å². The van der Waals surface area contributed by atoms with Gasteiger partial charge in [0.15, 0.2) is 11.4 Å². The largest absolute Gasteiger partial charge is 0.454 e. The Balaban J connectivity index is 1.62. The summed E-state index contributed by atoms with van der Waals surface area (Å²) in [7, 11) is 0. The van der Waals surface area contributed by atoms with Crippen molar-refractivity contribution >= 4 is 44.8 Å². The third-order valence-corrected chi connectivity index (χ3v) is 6.06. The molecule has 4 nitrogen and oxygen atoms in total. The molecule has 6 rings (SSSR count). The van der Waals surface area contributed by atoms with Crippen molar-refractivity contribution in [2.45, 2.75) is 20.0 Å². The maximum atomic E-state index is 13.9. The second-order valence-corrected chi connectivity index (χ2v) is 7.90. The lowest BCUT2D eigenvalue weighted by molar-refractivity contribution is 0.617. The number of hydrogen-bond acceptors (Lipinski definition) is 4. The van der Waals surface area contributed by atoms with Gasteiger partial charge in [0.25, 0.3) is 0 Å². The Bertz CT molecular complexity index is 1440. The van der Waals surface area contributed by atoms with Gasteiger partial charge in [0, 0.05) is 28.7 Å². The summed E-state index contributed by atoms with van der Waals surface area (Å²) in [6, 6.07) is 23.2. The molecule has 3 aromatic carbocycles. The fourth-order valence-corrected chi connectivity index (χ4v) is 4.69. The maximum absolute atomic E-state index is 13.9. The van der Waals surface area contributed by atoms with Gasteiger partial charge >= 0.3 is 0 Å². The van der Waals surface area contributed by atoms with Gasteiger partial charge in [0.2, 0.25) is 0 Å². The molecular formula is C26H20FN3O.